The van der Waals surface area contributed by atoms with Crippen molar-refractivity contribution in [3.8, 4) is 17.2 Å². The van der Waals surface area contributed by atoms with Gasteiger partial charge in [0.1, 0.15) is 5.75 Å². The van der Waals surface area contributed by atoms with Gasteiger partial charge < -0.3 is 24.4 Å². The van der Waals surface area contributed by atoms with Crippen LogP contribution < -0.4 is 24.4 Å². The van der Waals surface area contributed by atoms with Crippen LogP contribution in [0.2, 0.25) is 0 Å². The van der Waals surface area contributed by atoms with Crippen LogP contribution in [0.5, 0.6) is 17.2 Å². The van der Waals surface area contributed by atoms with Crippen LogP contribution in [-0.4, -0.2) is 39.2 Å². The summed E-state index contributed by atoms with van der Waals surface area (Å²) >= 11 is 0. The second kappa shape index (κ2) is 9.43. The molecule has 1 N–H and O–H groups in total. The average molecular weight is 420 g/mol. The summed E-state index contributed by atoms with van der Waals surface area (Å²) in [5, 5.41) is 2.78. The third kappa shape index (κ3) is 4.97. The van der Waals surface area contributed by atoms with Crippen molar-refractivity contribution in [3.63, 3.8) is 0 Å². The van der Waals surface area contributed by atoms with Crippen molar-refractivity contribution in [2.75, 3.05) is 25.7 Å². The molecule has 1 aliphatic heterocycles. The second-order valence-electron chi connectivity index (χ2n) is 6.69. The monoisotopic (exact) mass is 420 g/mol. The molecule has 0 radical (unpaired) electrons. The van der Waals surface area contributed by atoms with Crippen molar-refractivity contribution < 1.29 is 32.6 Å². The molecule has 0 saturated carbocycles. The summed E-state index contributed by atoms with van der Waals surface area (Å²) in [6.45, 7) is -2.53. The number of carbonyl (C=O) groups excluding carboxylic acids is 2. The zero-order valence-electron chi connectivity index (χ0n) is 16.6. The maximum absolute atomic E-state index is 12.6. The molecular formula is C21H22F2N2O5. The maximum atomic E-state index is 12.6. The van der Waals surface area contributed by atoms with Crippen molar-refractivity contribution in [1.82, 2.24) is 5.32 Å². The van der Waals surface area contributed by atoms with E-state index < -0.39 is 12.5 Å². The first-order valence-corrected chi connectivity index (χ1v) is 9.25. The minimum absolute atomic E-state index is 0.0853. The fourth-order valence-electron chi connectivity index (χ4n) is 3.26. The summed E-state index contributed by atoms with van der Waals surface area (Å²) in [6.07, 6.45) is 0.105. The van der Waals surface area contributed by atoms with Gasteiger partial charge in [0.2, 0.25) is 11.8 Å². The predicted octanol–water partition coefficient (Wildman–Crippen LogP) is 2.97. The third-order valence-electron chi connectivity index (χ3n) is 4.77. The van der Waals surface area contributed by atoms with Crippen molar-refractivity contribution in [2.24, 2.45) is 5.92 Å². The predicted molar refractivity (Wildman–Crippen MR) is 105 cm³/mol. The van der Waals surface area contributed by atoms with E-state index in [9.17, 15) is 18.4 Å². The van der Waals surface area contributed by atoms with Crippen molar-refractivity contribution in [1.29, 1.82) is 0 Å². The minimum atomic E-state index is -2.96. The Balaban J connectivity index is 1.61. The topological polar surface area (TPSA) is 77.1 Å². The fourth-order valence-corrected chi connectivity index (χ4v) is 3.26. The summed E-state index contributed by atoms with van der Waals surface area (Å²) < 4.78 is 39.5. The van der Waals surface area contributed by atoms with E-state index in [1.807, 2.05) is 0 Å². The van der Waals surface area contributed by atoms with Crippen LogP contribution in [0.15, 0.2) is 42.5 Å². The Labute approximate surface area is 172 Å². The summed E-state index contributed by atoms with van der Waals surface area (Å²) in [4.78, 5) is 26.5. The lowest BCUT2D eigenvalue weighted by molar-refractivity contribution is -0.126. The van der Waals surface area contributed by atoms with Crippen LogP contribution in [0, 0.1) is 5.92 Å². The minimum Gasteiger partial charge on any atom is -0.497 e. The smallest absolute Gasteiger partial charge is 0.387 e. The van der Waals surface area contributed by atoms with Crippen molar-refractivity contribution in [3.05, 3.63) is 48.0 Å². The van der Waals surface area contributed by atoms with Crippen LogP contribution in [0.4, 0.5) is 14.5 Å². The van der Waals surface area contributed by atoms with E-state index >= 15 is 0 Å². The molecule has 0 spiro atoms. The molecule has 1 atom stereocenters. The lowest BCUT2D eigenvalue weighted by atomic mass is 10.1. The molecule has 1 unspecified atom stereocenters. The molecular weight excluding hydrogens is 398 g/mol. The van der Waals surface area contributed by atoms with Gasteiger partial charge in [-0.2, -0.15) is 8.78 Å². The molecule has 7 nitrogen and oxygen atoms in total. The number of nitrogens with zero attached hydrogens (tertiary/aromatic N) is 1. The van der Waals surface area contributed by atoms with E-state index in [4.69, 9.17) is 9.47 Å². The van der Waals surface area contributed by atoms with E-state index in [1.54, 1.807) is 42.3 Å². The number of carbonyl (C=O) groups is 2. The normalized spacial score (nSPS) is 16.0. The van der Waals surface area contributed by atoms with Gasteiger partial charge in [-0.25, -0.2) is 0 Å². The lowest BCUT2D eigenvalue weighted by Gasteiger charge is -2.17. The Bertz CT molecular complexity index is 922. The van der Waals surface area contributed by atoms with Gasteiger partial charge in [0.15, 0.2) is 11.5 Å². The summed E-state index contributed by atoms with van der Waals surface area (Å²) in [7, 11) is 2.88. The summed E-state index contributed by atoms with van der Waals surface area (Å²) in [6, 6.07) is 11.5. The molecule has 2 aromatic carbocycles. The molecule has 0 aromatic heterocycles. The van der Waals surface area contributed by atoms with E-state index in [2.05, 4.69) is 10.1 Å². The average Bonchev–Trinajstić information content (AvgIpc) is 3.14. The van der Waals surface area contributed by atoms with Gasteiger partial charge in [0, 0.05) is 31.3 Å². The number of methoxy groups -OCH3 is 2. The van der Waals surface area contributed by atoms with Crippen molar-refractivity contribution in [2.45, 2.75) is 19.6 Å². The standard InChI is InChI=1S/C21H22F2N2O5/c1-28-16-5-3-4-15(10-16)25-12-14(9-19(25)26)20(27)24-11-13-6-7-17(30-21(22)23)18(8-13)29-2/h3-8,10,14,21H,9,11-12H2,1-2H3,(H,24,27). The highest BCUT2D eigenvalue weighted by atomic mass is 19.3. The van der Waals surface area contributed by atoms with Gasteiger partial charge in [0.05, 0.1) is 20.1 Å². The van der Waals surface area contributed by atoms with Gasteiger partial charge in [-0.1, -0.05) is 12.1 Å². The molecule has 0 bridgehead atoms. The number of hydrogen-bond donors (Lipinski definition) is 1. The summed E-state index contributed by atoms with van der Waals surface area (Å²) in [5.41, 5.74) is 1.32. The Morgan fingerprint density at radius 2 is 1.97 bits per heavy atom. The first-order valence-electron chi connectivity index (χ1n) is 9.25. The van der Waals surface area contributed by atoms with E-state index in [0.717, 1.165) is 0 Å². The Morgan fingerprint density at radius 3 is 2.67 bits per heavy atom. The van der Waals surface area contributed by atoms with Crippen LogP contribution in [0.1, 0.15) is 12.0 Å². The molecule has 1 aliphatic rings. The SMILES string of the molecule is COc1cccc(N2CC(C(=O)NCc3ccc(OC(F)F)c(OC)c3)CC2=O)c1. The number of ether oxygens (including phenoxy) is 3. The Kier molecular flexibility index (Phi) is 6.71. The van der Waals surface area contributed by atoms with E-state index in [1.165, 1.54) is 19.2 Å². The fraction of sp³-hybridized carbons (Fsp3) is 0.333. The number of amides is 2. The van der Waals surface area contributed by atoms with Crippen LogP contribution in [0.25, 0.3) is 0 Å². The van der Waals surface area contributed by atoms with Crippen molar-refractivity contribution >= 4 is 17.5 Å². The summed E-state index contributed by atoms with van der Waals surface area (Å²) in [5.74, 6) is -0.215. The first kappa shape index (κ1) is 21.4. The zero-order valence-corrected chi connectivity index (χ0v) is 16.6. The van der Waals surface area contributed by atoms with Crippen LogP contribution in [0.3, 0.4) is 0 Å². The van der Waals surface area contributed by atoms with Gasteiger partial charge >= 0.3 is 6.61 Å². The molecule has 1 saturated heterocycles. The second-order valence-corrected chi connectivity index (χ2v) is 6.69. The molecule has 160 valence electrons. The number of anilines is 1. The molecule has 1 fully saturated rings. The lowest BCUT2D eigenvalue weighted by Crippen LogP contribution is -2.32. The van der Waals surface area contributed by atoms with Gasteiger partial charge in [-0.15, -0.1) is 0 Å². The van der Waals surface area contributed by atoms with E-state index in [-0.39, 0.29) is 42.8 Å². The van der Waals surface area contributed by atoms with Gasteiger partial charge in [-0.05, 0) is 29.8 Å². The van der Waals surface area contributed by atoms with Crippen LogP contribution in [-0.2, 0) is 16.1 Å². The molecule has 30 heavy (non-hydrogen) atoms. The Hall–Kier alpha value is -3.36. The number of benzene rings is 2. The molecule has 2 aromatic rings. The third-order valence-corrected chi connectivity index (χ3v) is 4.77. The van der Waals surface area contributed by atoms with E-state index in [0.29, 0.717) is 17.0 Å². The molecule has 1 heterocycles. The van der Waals surface area contributed by atoms with Crippen LogP contribution >= 0.6 is 0 Å². The molecule has 3 rings (SSSR count). The maximum Gasteiger partial charge on any atom is 0.387 e. The number of nitrogens with one attached hydrogen (secondary N) is 1. The number of alkyl halides is 2. The molecule has 2 amide bonds. The highest BCUT2D eigenvalue weighted by molar-refractivity contribution is 6.00. The zero-order chi connectivity index (χ0) is 21.7. The van der Waals surface area contributed by atoms with Gasteiger partial charge in [-0.3, -0.25) is 9.59 Å². The highest BCUT2D eigenvalue weighted by Gasteiger charge is 2.35. The number of halogens is 2. The number of rotatable bonds is 8. The quantitative estimate of drug-likeness (QED) is 0.711. The molecule has 0 aliphatic carbocycles. The Morgan fingerprint density at radius 1 is 1.17 bits per heavy atom. The highest BCUT2D eigenvalue weighted by Crippen LogP contribution is 2.30. The largest absolute Gasteiger partial charge is 0.497 e. The molecule has 9 heteroatoms. The number of hydrogen-bond acceptors (Lipinski definition) is 5. The van der Waals surface area contributed by atoms with Gasteiger partial charge in [0.25, 0.3) is 0 Å². The first-order chi connectivity index (χ1) is 14.4.